The van der Waals surface area contributed by atoms with Gasteiger partial charge in [0.15, 0.2) is 11.5 Å². The molecule has 2 aromatic rings. The van der Waals surface area contributed by atoms with Crippen LogP contribution < -0.4 is 9.47 Å². The van der Waals surface area contributed by atoms with E-state index in [1.807, 2.05) is 37.3 Å². The molecule has 6 nitrogen and oxygen atoms in total. The van der Waals surface area contributed by atoms with E-state index in [1.165, 1.54) is 10.4 Å². The maximum Gasteiger partial charge on any atom is 0.243 e. The molecule has 0 bridgehead atoms. The minimum atomic E-state index is -3.62. The second-order valence-electron chi connectivity index (χ2n) is 6.60. The molecule has 0 radical (unpaired) electrons. The van der Waals surface area contributed by atoms with Gasteiger partial charge in [-0.3, -0.25) is 0 Å². The number of hydrogen-bond donors (Lipinski definition) is 0. The van der Waals surface area contributed by atoms with Crippen molar-refractivity contribution >= 4 is 10.0 Å². The highest BCUT2D eigenvalue weighted by Gasteiger charge is 2.34. The van der Waals surface area contributed by atoms with Crippen LogP contribution in [0.5, 0.6) is 11.5 Å². The van der Waals surface area contributed by atoms with Crippen LogP contribution in [0.1, 0.15) is 12.5 Å². The first-order chi connectivity index (χ1) is 12.5. The van der Waals surface area contributed by atoms with E-state index in [9.17, 15) is 8.42 Å². The van der Waals surface area contributed by atoms with Crippen molar-refractivity contribution in [3.63, 3.8) is 0 Å². The van der Waals surface area contributed by atoms with Crippen molar-refractivity contribution in [3.8, 4) is 11.5 Å². The highest BCUT2D eigenvalue weighted by Crippen LogP contribution is 2.35. The fourth-order valence-corrected chi connectivity index (χ4v) is 4.94. The number of sulfonamides is 1. The van der Waals surface area contributed by atoms with Crippen LogP contribution in [0.4, 0.5) is 0 Å². The standard InChI is InChI=1S/C19H21NO5S/c1-14-11-20(12-16(25-14)9-15-5-3-2-4-6-15)26(21,22)17-7-8-18-19(10-17)24-13-23-18/h2-8,10,14,16H,9,11-13H2,1H3. The summed E-state index contributed by atoms with van der Waals surface area (Å²) in [6.07, 6.45) is 0.337. The summed E-state index contributed by atoms with van der Waals surface area (Å²) in [6, 6.07) is 14.7. The van der Waals surface area contributed by atoms with Crippen molar-refractivity contribution in [1.29, 1.82) is 0 Å². The minimum absolute atomic E-state index is 0.118. The second-order valence-corrected chi connectivity index (χ2v) is 8.53. The zero-order chi connectivity index (χ0) is 18.1. The Kier molecular flexibility index (Phi) is 4.60. The zero-order valence-electron chi connectivity index (χ0n) is 14.5. The Morgan fingerprint density at radius 1 is 1.04 bits per heavy atom. The number of fused-ring (bicyclic) bond motifs is 1. The first kappa shape index (κ1) is 17.3. The Balaban J connectivity index is 1.55. The Labute approximate surface area is 153 Å². The molecule has 7 heteroatoms. The van der Waals surface area contributed by atoms with Crippen LogP contribution in [0.3, 0.4) is 0 Å². The summed E-state index contributed by atoms with van der Waals surface area (Å²) < 4.78 is 44.3. The van der Waals surface area contributed by atoms with Gasteiger partial charge < -0.3 is 14.2 Å². The van der Waals surface area contributed by atoms with Crippen LogP contribution >= 0.6 is 0 Å². The molecule has 0 aromatic heterocycles. The van der Waals surface area contributed by atoms with E-state index in [1.54, 1.807) is 12.1 Å². The molecule has 2 aliphatic heterocycles. The van der Waals surface area contributed by atoms with Crippen LogP contribution in [0.25, 0.3) is 0 Å². The van der Waals surface area contributed by atoms with Gasteiger partial charge in [0.1, 0.15) is 0 Å². The second kappa shape index (κ2) is 6.90. The zero-order valence-corrected chi connectivity index (χ0v) is 15.3. The summed E-state index contributed by atoms with van der Waals surface area (Å²) in [6.45, 7) is 2.68. The van der Waals surface area contributed by atoms with Crippen LogP contribution in [0.2, 0.25) is 0 Å². The van der Waals surface area contributed by atoms with E-state index in [4.69, 9.17) is 14.2 Å². The number of nitrogens with zero attached hydrogens (tertiary/aromatic N) is 1. The SMILES string of the molecule is CC1CN(S(=O)(=O)c2ccc3c(c2)OCO3)CC(Cc2ccccc2)O1. The summed E-state index contributed by atoms with van der Waals surface area (Å²) in [4.78, 5) is 0.217. The van der Waals surface area contributed by atoms with Gasteiger partial charge in [-0.15, -0.1) is 0 Å². The van der Waals surface area contributed by atoms with Gasteiger partial charge in [0, 0.05) is 19.2 Å². The summed E-state index contributed by atoms with van der Waals surface area (Å²) in [5.74, 6) is 1.04. The first-order valence-electron chi connectivity index (χ1n) is 8.61. The first-order valence-corrected chi connectivity index (χ1v) is 10.1. The van der Waals surface area contributed by atoms with Gasteiger partial charge in [0.2, 0.25) is 16.8 Å². The van der Waals surface area contributed by atoms with E-state index in [2.05, 4.69) is 0 Å². The molecule has 1 fully saturated rings. The van der Waals surface area contributed by atoms with E-state index in [0.29, 0.717) is 31.0 Å². The summed E-state index contributed by atoms with van der Waals surface area (Å²) >= 11 is 0. The number of ether oxygens (including phenoxy) is 3. The van der Waals surface area contributed by atoms with Crippen LogP contribution in [-0.2, 0) is 21.2 Å². The fourth-order valence-electron chi connectivity index (χ4n) is 3.38. The van der Waals surface area contributed by atoms with Gasteiger partial charge in [0.05, 0.1) is 17.1 Å². The maximum absolute atomic E-state index is 13.1. The lowest BCUT2D eigenvalue weighted by Crippen LogP contribution is -2.49. The highest BCUT2D eigenvalue weighted by atomic mass is 32.2. The monoisotopic (exact) mass is 375 g/mol. The summed E-state index contributed by atoms with van der Waals surface area (Å²) in [7, 11) is -3.62. The van der Waals surface area contributed by atoms with Crippen molar-refractivity contribution in [1.82, 2.24) is 4.31 Å². The van der Waals surface area contributed by atoms with E-state index in [0.717, 1.165) is 5.56 Å². The van der Waals surface area contributed by atoms with Crippen molar-refractivity contribution in [2.75, 3.05) is 19.9 Å². The number of benzene rings is 2. The molecule has 2 aromatic carbocycles. The van der Waals surface area contributed by atoms with Crippen molar-refractivity contribution in [3.05, 3.63) is 54.1 Å². The number of rotatable bonds is 4. The van der Waals surface area contributed by atoms with Gasteiger partial charge in [-0.05, 0) is 31.0 Å². The Bertz CT molecular complexity index is 884. The van der Waals surface area contributed by atoms with E-state index >= 15 is 0 Å². The predicted octanol–water partition coefficient (Wildman–Crippen LogP) is 2.44. The lowest BCUT2D eigenvalue weighted by molar-refractivity contribution is -0.0529. The average Bonchev–Trinajstić information content (AvgIpc) is 3.10. The molecular weight excluding hydrogens is 354 g/mol. The highest BCUT2D eigenvalue weighted by molar-refractivity contribution is 7.89. The van der Waals surface area contributed by atoms with Crippen LogP contribution in [0.15, 0.2) is 53.4 Å². The molecule has 2 aliphatic rings. The molecule has 1 saturated heterocycles. The van der Waals surface area contributed by atoms with Gasteiger partial charge in [0.25, 0.3) is 0 Å². The molecule has 0 saturated carbocycles. The van der Waals surface area contributed by atoms with E-state index < -0.39 is 10.0 Å². The van der Waals surface area contributed by atoms with Crippen molar-refractivity contribution < 1.29 is 22.6 Å². The molecule has 138 valence electrons. The topological polar surface area (TPSA) is 65.1 Å². The smallest absolute Gasteiger partial charge is 0.243 e. The lowest BCUT2D eigenvalue weighted by atomic mass is 10.1. The predicted molar refractivity (Wildman–Crippen MR) is 95.8 cm³/mol. The van der Waals surface area contributed by atoms with Gasteiger partial charge in [-0.1, -0.05) is 30.3 Å². The molecule has 0 N–H and O–H groups in total. The third-order valence-electron chi connectivity index (χ3n) is 4.58. The Hall–Kier alpha value is -2.09. The third kappa shape index (κ3) is 3.42. The largest absolute Gasteiger partial charge is 0.454 e. The minimum Gasteiger partial charge on any atom is -0.454 e. The molecule has 26 heavy (non-hydrogen) atoms. The molecule has 2 heterocycles. The van der Waals surface area contributed by atoms with E-state index in [-0.39, 0.29) is 23.9 Å². The molecule has 2 unspecified atom stereocenters. The molecule has 0 spiro atoms. The molecule has 2 atom stereocenters. The molecule has 0 aliphatic carbocycles. The van der Waals surface area contributed by atoms with Crippen molar-refractivity contribution in [2.45, 2.75) is 30.4 Å². The average molecular weight is 375 g/mol. The lowest BCUT2D eigenvalue weighted by Gasteiger charge is -2.36. The van der Waals surface area contributed by atoms with Crippen molar-refractivity contribution in [2.24, 2.45) is 0 Å². The van der Waals surface area contributed by atoms with Gasteiger partial charge in [-0.2, -0.15) is 4.31 Å². The van der Waals surface area contributed by atoms with Crippen LogP contribution in [0, 0.1) is 0 Å². The van der Waals surface area contributed by atoms with Crippen LogP contribution in [-0.4, -0.2) is 44.8 Å². The molecule has 0 amide bonds. The quantitative estimate of drug-likeness (QED) is 0.821. The summed E-state index contributed by atoms with van der Waals surface area (Å²) in [5, 5.41) is 0. The maximum atomic E-state index is 13.1. The molecular formula is C19H21NO5S. The van der Waals surface area contributed by atoms with Gasteiger partial charge in [-0.25, -0.2) is 8.42 Å². The van der Waals surface area contributed by atoms with Gasteiger partial charge >= 0.3 is 0 Å². The Morgan fingerprint density at radius 3 is 2.62 bits per heavy atom. The molecule has 4 rings (SSSR count). The Morgan fingerprint density at radius 2 is 1.81 bits per heavy atom. The normalized spacial score (nSPS) is 23.1. The summed E-state index contributed by atoms with van der Waals surface area (Å²) in [5.41, 5.74) is 1.13. The fraction of sp³-hybridized carbons (Fsp3) is 0.368. The number of hydrogen-bond acceptors (Lipinski definition) is 5. The number of morpholine rings is 1. The third-order valence-corrected chi connectivity index (χ3v) is 6.41.